The zero-order valence-corrected chi connectivity index (χ0v) is 17.7. The highest BCUT2D eigenvalue weighted by atomic mass is 35.5. The van der Waals surface area contributed by atoms with Crippen molar-refractivity contribution < 1.29 is 13.2 Å². The molecule has 1 aromatic heterocycles. The molecule has 1 fully saturated rings. The summed E-state index contributed by atoms with van der Waals surface area (Å²) < 4.78 is 33.1. The van der Waals surface area contributed by atoms with Crippen LogP contribution in [0.25, 0.3) is 10.9 Å². The number of piperidine rings is 1. The number of hydrogen-bond donors (Lipinski definition) is 2. The van der Waals surface area contributed by atoms with Gasteiger partial charge in [0.05, 0.1) is 22.4 Å². The predicted molar refractivity (Wildman–Crippen MR) is 117 cm³/mol. The third-order valence-corrected chi connectivity index (χ3v) is 7.39. The zero-order valence-electron chi connectivity index (χ0n) is 16.2. The fraction of sp³-hybridized carbons (Fsp3) is 0.300. The van der Waals surface area contributed by atoms with Crippen LogP contribution in [0.15, 0.2) is 47.4 Å². The largest absolute Gasteiger partial charge is 0.492 e. The minimum absolute atomic E-state index is 0.117. The van der Waals surface area contributed by atoms with Gasteiger partial charge in [-0.2, -0.15) is 9.29 Å². The zero-order chi connectivity index (χ0) is 21.3. The summed E-state index contributed by atoms with van der Waals surface area (Å²) in [5.41, 5.74) is 12.3. The lowest BCUT2D eigenvalue weighted by Gasteiger charge is -2.31. The Balaban J connectivity index is 1.40. The fourth-order valence-electron chi connectivity index (χ4n) is 3.60. The lowest BCUT2D eigenvalue weighted by molar-refractivity contribution is 0.186. The van der Waals surface area contributed by atoms with E-state index in [1.165, 1.54) is 16.4 Å². The van der Waals surface area contributed by atoms with E-state index >= 15 is 0 Å². The van der Waals surface area contributed by atoms with E-state index in [4.69, 9.17) is 27.8 Å². The van der Waals surface area contributed by atoms with E-state index in [-0.39, 0.29) is 22.6 Å². The number of ether oxygens (including phenoxy) is 1. The number of nitrogens with two attached hydrogens (primary N) is 2. The number of hydrogen-bond acceptors (Lipinski definition) is 7. The molecule has 0 atom stereocenters. The summed E-state index contributed by atoms with van der Waals surface area (Å²) in [6.07, 6.45) is 1.41. The van der Waals surface area contributed by atoms with Gasteiger partial charge in [0.15, 0.2) is 0 Å². The van der Waals surface area contributed by atoms with E-state index in [0.717, 1.165) is 0 Å². The molecule has 0 radical (unpaired) electrons. The molecule has 0 unspecified atom stereocenters. The van der Waals surface area contributed by atoms with Gasteiger partial charge in [0.1, 0.15) is 11.6 Å². The van der Waals surface area contributed by atoms with Crippen molar-refractivity contribution in [2.75, 3.05) is 31.2 Å². The molecule has 1 aliphatic rings. The van der Waals surface area contributed by atoms with Crippen LogP contribution in [-0.4, -0.2) is 42.4 Å². The maximum Gasteiger partial charge on any atom is 0.243 e. The number of nitrogen functional groups attached to an aromatic ring is 2. The molecule has 0 saturated carbocycles. The summed E-state index contributed by atoms with van der Waals surface area (Å²) in [6.45, 7) is 1.34. The Kier molecular flexibility index (Phi) is 5.68. The van der Waals surface area contributed by atoms with E-state index in [1.54, 1.807) is 18.2 Å². The van der Waals surface area contributed by atoms with Crippen LogP contribution in [-0.2, 0) is 10.0 Å². The minimum Gasteiger partial charge on any atom is -0.492 e. The van der Waals surface area contributed by atoms with Gasteiger partial charge in [0.25, 0.3) is 0 Å². The topological polar surface area (TPSA) is 124 Å². The normalized spacial score (nSPS) is 16.0. The van der Waals surface area contributed by atoms with Gasteiger partial charge < -0.3 is 16.2 Å². The Bertz CT molecular complexity index is 1160. The molecule has 4 N–H and O–H groups in total. The molecule has 1 saturated heterocycles. The lowest BCUT2D eigenvalue weighted by Crippen LogP contribution is -2.39. The van der Waals surface area contributed by atoms with Crippen molar-refractivity contribution in [1.82, 2.24) is 14.3 Å². The molecule has 2 heterocycles. The summed E-state index contributed by atoms with van der Waals surface area (Å²) in [6, 6.07) is 11.7. The first-order valence-corrected chi connectivity index (χ1v) is 11.4. The average molecular weight is 448 g/mol. The van der Waals surface area contributed by atoms with Crippen LogP contribution in [0.2, 0.25) is 5.02 Å². The molecule has 0 amide bonds. The number of benzene rings is 2. The molecule has 0 aliphatic carbocycles. The molecule has 0 bridgehead atoms. The monoisotopic (exact) mass is 447 g/mol. The van der Waals surface area contributed by atoms with E-state index in [2.05, 4.69) is 9.97 Å². The summed E-state index contributed by atoms with van der Waals surface area (Å²) >= 11 is 5.86. The van der Waals surface area contributed by atoms with Crippen molar-refractivity contribution in [3.63, 3.8) is 0 Å². The first-order chi connectivity index (χ1) is 14.3. The maximum absolute atomic E-state index is 12.8. The van der Waals surface area contributed by atoms with Crippen molar-refractivity contribution in [1.29, 1.82) is 0 Å². The Hall–Kier alpha value is -2.62. The molecule has 8 nitrogen and oxygen atoms in total. The van der Waals surface area contributed by atoms with Crippen LogP contribution in [0.5, 0.6) is 5.75 Å². The van der Waals surface area contributed by atoms with Gasteiger partial charge in [-0.05, 0) is 55.2 Å². The lowest BCUT2D eigenvalue weighted by atomic mass is 9.99. The third-order valence-electron chi connectivity index (χ3n) is 5.23. The van der Waals surface area contributed by atoms with E-state index < -0.39 is 10.0 Å². The number of sulfonamides is 1. The number of aromatic nitrogens is 2. The predicted octanol–water partition coefficient (Wildman–Crippen LogP) is 2.93. The standard InChI is InChI=1S/C20H22ClN5O3S/c21-14-4-6-15(7-5-14)30(27,28)26-10-8-13(9-11-26)12-29-17-3-1-2-16-18(17)19(22)25-20(23)24-16/h1-7,13H,8-12H2,(H4,22,23,24,25). The third kappa shape index (κ3) is 4.14. The molecule has 4 rings (SSSR count). The van der Waals surface area contributed by atoms with Gasteiger partial charge >= 0.3 is 0 Å². The van der Waals surface area contributed by atoms with Gasteiger partial charge in [0, 0.05) is 18.1 Å². The number of anilines is 2. The molecule has 158 valence electrons. The summed E-state index contributed by atoms with van der Waals surface area (Å²) in [5.74, 6) is 1.22. The first-order valence-electron chi connectivity index (χ1n) is 9.55. The van der Waals surface area contributed by atoms with Gasteiger partial charge in [-0.25, -0.2) is 13.4 Å². The fourth-order valence-corrected chi connectivity index (χ4v) is 5.19. The molecule has 30 heavy (non-hydrogen) atoms. The molecule has 1 aliphatic heterocycles. The molecule has 10 heteroatoms. The Morgan fingerprint density at radius 2 is 1.77 bits per heavy atom. The second-order valence-corrected chi connectivity index (χ2v) is 9.60. The second-order valence-electron chi connectivity index (χ2n) is 7.23. The van der Waals surface area contributed by atoms with E-state index in [0.29, 0.717) is 54.2 Å². The van der Waals surface area contributed by atoms with Crippen LogP contribution in [0.1, 0.15) is 12.8 Å². The van der Waals surface area contributed by atoms with Crippen molar-refractivity contribution in [2.45, 2.75) is 17.7 Å². The van der Waals surface area contributed by atoms with Crippen LogP contribution in [0.4, 0.5) is 11.8 Å². The number of rotatable bonds is 5. The average Bonchev–Trinajstić information content (AvgIpc) is 2.72. The van der Waals surface area contributed by atoms with Crippen LogP contribution in [0, 0.1) is 5.92 Å². The SMILES string of the molecule is Nc1nc(N)c2c(OCC3CCN(S(=O)(=O)c4ccc(Cl)cc4)CC3)cccc2n1. The molecule has 3 aromatic rings. The Morgan fingerprint density at radius 1 is 1.07 bits per heavy atom. The highest BCUT2D eigenvalue weighted by Crippen LogP contribution is 2.31. The van der Waals surface area contributed by atoms with Crippen LogP contribution in [0.3, 0.4) is 0 Å². The summed E-state index contributed by atoms with van der Waals surface area (Å²) in [5, 5.41) is 1.14. The highest BCUT2D eigenvalue weighted by Gasteiger charge is 2.29. The number of halogens is 1. The Labute approximate surface area is 179 Å². The van der Waals surface area contributed by atoms with Gasteiger partial charge in [0.2, 0.25) is 16.0 Å². The minimum atomic E-state index is -3.52. The van der Waals surface area contributed by atoms with Crippen molar-refractivity contribution in [3.8, 4) is 5.75 Å². The maximum atomic E-state index is 12.8. The molecular formula is C20H22ClN5O3S. The smallest absolute Gasteiger partial charge is 0.243 e. The molecular weight excluding hydrogens is 426 g/mol. The summed E-state index contributed by atoms with van der Waals surface area (Å²) in [4.78, 5) is 8.46. The van der Waals surface area contributed by atoms with Gasteiger partial charge in [-0.15, -0.1) is 0 Å². The van der Waals surface area contributed by atoms with Gasteiger partial charge in [-0.3, -0.25) is 0 Å². The van der Waals surface area contributed by atoms with Crippen molar-refractivity contribution in [2.24, 2.45) is 5.92 Å². The molecule has 0 spiro atoms. The second kappa shape index (κ2) is 8.25. The highest BCUT2D eigenvalue weighted by molar-refractivity contribution is 7.89. The van der Waals surface area contributed by atoms with E-state index in [1.807, 2.05) is 12.1 Å². The van der Waals surface area contributed by atoms with Gasteiger partial charge in [-0.1, -0.05) is 17.7 Å². The quantitative estimate of drug-likeness (QED) is 0.615. The first kappa shape index (κ1) is 20.6. The molecule has 2 aromatic carbocycles. The summed E-state index contributed by atoms with van der Waals surface area (Å²) in [7, 11) is -3.52. The van der Waals surface area contributed by atoms with Crippen LogP contribution < -0.4 is 16.2 Å². The van der Waals surface area contributed by atoms with Crippen molar-refractivity contribution in [3.05, 3.63) is 47.5 Å². The number of fused-ring (bicyclic) bond motifs is 1. The van der Waals surface area contributed by atoms with Crippen molar-refractivity contribution >= 4 is 44.3 Å². The Morgan fingerprint density at radius 3 is 2.47 bits per heavy atom. The number of nitrogens with zero attached hydrogens (tertiary/aromatic N) is 3. The van der Waals surface area contributed by atoms with E-state index in [9.17, 15) is 8.42 Å². The van der Waals surface area contributed by atoms with Crippen LogP contribution >= 0.6 is 11.6 Å².